The van der Waals surface area contributed by atoms with Gasteiger partial charge in [-0.3, -0.25) is 72.1 Å². The number of likely N-dealkylation sites (N-methyl/N-ethyl adjacent to an activating group) is 1. The number of nitrogens with zero attached hydrogens (tertiary/aromatic N) is 4. The fraction of sp³-hybridized carbons (Fsp3) is 0.701. The third kappa shape index (κ3) is 33.7. The number of carbonyl (C=O) groups excluding carboxylic acids is 15. The topological polar surface area (TPSA) is 440 Å². The van der Waals surface area contributed by atoms with Crippen molar-refractivity contribution in [2.45, 2.75) is 276 Å². The molecule has 34 heteroatoms. The number of hydrogen-bond acceptors (Lipinski definition) is 23. The van der Waals surface area contributed by atoms with Gasteiger partial charge < -0.3 is 71.3 Å². The van der Waals surface area contributed by atoms with E-state index in [0.29, 0.717) is 106 Å². The molecule has 10 aliphatic rings. The fourth-order valence-corrected chi connectivity index (χ4v) is 13.5. The molecule has 0 spiro atoms. The van der Waals surface area contributed by atoms with Crippen molar-refractivity contribution in [2.75, 3.05) is 46.4 Å². The van der Waals surface area contributed by atoms with Gasteiger partial charge in [-0.1, -0.05) is 46.4 Å². The number of ether oxygens (including phenoxy) is 4. The van der Waals surface area contributed by atoms with E-state index in [4.69, 9.17) is 39.4 Å². The Morgan fingerprint density at radius 2 is 1.03 bits per heavy atom. The van der Waals surface area contributed by atoms with Crippen molar-refractivity contribution in [2.24, 2.45) is 29.4 Å². The first-order valence-electron chi connectivity index (χ1n) is 38.8. The van der Waals surface area contributed by atoms with Crippen LogP contribution in [-0.2, 0) is 95.7 Å². The lowest BCUT2D eigenvalue weighted by atomic mass is 9.81. The summed E-state index contributed by atoms with van der Waals surface area (Å²) in [4.78, 5) is 182. The van der Waals surface area contributed by atoms with Crippen LogP contribution in [0.15, 0.2) is 48.8 Å². The number of fused-ring (bicyclic) bond motifs is 5. The molecule has 6 atom stereocenters. The van der Waals surface area contributed by atoms with Crippen molar-refractivity contribution in [3.05, 3.63) is 48.8 Å². The first kappa shape index (κ1) is 94.8. The van der Waals surface area contributed by atoms with Crippen molar-refractivity contribution >= 4 is 88.7 Å². The Balaban J connectivity index is 0.000000289. The summed E-state index contributed by atoms with van der Waals surface area (Å²) in [5.41, 5.74) is 9.45. The van der Waals surface area contributed by atoms with Crippen molar-refractivity contribution in [3.8, 4) is 0 Å². The number of quaternary nitrogens is 1. The number of cyclic esters (lactones) is 1. The third-order valence-corrected chi connectivity index (χ3v) is 19.8. The highest BCUT2D eigenvalue weighted by molar-refractivity contribution is 6.14. The zero-order valence-electron chi connectivity index (χ0n) is 65.5. The smallest absolute Gasteiger partial charge is 0.430 e. The maximum Gasteiger partial charge on any atom is 0.430 e. The number of aliphatic carboxylic acids is 1. The highest BCUT2D eigenvalue weighted by atomic mass is 19.4. The van der Waals surface area contributed by atoms with E-state index < -0.39 is 42.0 Å². The Morgan fingerprint density at radius 1 is 0.613 bits per heavy atom. The summed E-state index contributed by atoms with van der Waals surface area (Å²) in [5.74, 6) is -5.29. The molecule has 7 heterocycles. The number of carboxylic acid groups (broad SMARTS) is 1. The number of hydroxylamine groups is 2. The summed E-state index contributed by atoms with van der Waals surface area (Å²) < 4.78 is 52.4. The summed E-state index contributed by atoms with van der Waals surface area (Å²) in [6, 6.07) is -0.585. The van der Waals surface area contributed by atoms with Gasteiger partial charge in [-0.15, -0.1) is 5.06 Å². The highest BCUT2D eigenvalue weighted by Crippen LogP contribution is 2.47. The number of morpholine rings is 1. The first-order valence-corrected chi connectivity index (χ1v) is 38.8. The van der Waals surface area contributed by atoms with Gasteiger partial charge in [0, 0.05) is 133 Å². The monoisotopic (exact) mass is 1570 g/mol. The van der Waals surface area contributed by atoms with Crippen LogP contribution < -0.4 is 37.8 Å². The lowest BCUT2D eigenvalue weighted by Gasteiger charge is -2.33. The average molecular weight is 1580 g/mol. The number of hydrogen-bond donors (Lipinski definition) is 6. The molecular formula is C77H117F3N10O21. The molecule has 9 N–H and O–H groups in total. The minimum atomic E-state index is -5.19. The van der Waals surface area contributed by atoms with Crippen molar-refractivity contribution in [1.82, 2.24) is 41.0 Å². The van der Waals surface area contributed by atoms with Crippen molar-refractivity contribution in [3.63, 3.8) is 0 Å². The fourth-order valence-electron chi connectivity index (χ4n) is 13.5. The number of halogens is 3. The molecule has 7 fully saturated rings. The van der Waals surface area contributed by atoms with E-state index in [1.807, 2.05) is 32.9 Å². The van der Waals surface area contributed by atoms with Crippen LogP contribution in [0.3, 0.4) is 0 Å². The number of rotatable bonds is 25. The summed E-state index contributed by atoms with van der Waals surface area (Å²) in [6.07, 6.45) is 21.0. The average Bonchev–Trinajstić information content (AvgIpc) is 1.59. The van der Waals surface area contributed by atoms with Crippen molar-refractivity contribution in [1.29, 1.82) is 0 Å². The zero-order valence-corrected chi connectivity index (χ0v) is 65.5. The molecule has 2 bridgehead atoms. The van der Waals surface area contributed by atoms with Crippen molar-refractivity contribution < 1.29 is 120 Å². The second-order valence-electron chi connectivity index (χ2n) is 29.8. The van der Waals surface area contributed by atoms with E-state index in [1.165, 1.54) is 34.1 Å². The van der Waals surface area contributed by atoms with Gasteiger partial charge in [-0.05, 0) is 142 Å². The van der Waals surface area contributed by atoms with Gasteiger partial charge in [0.2, 0.25) is 23.6 Å². The first-order chi connectivity index (χ1) is 52.4. The van der Waals surface area contributed by atoms with Crippen LogP contribution in [0.2, 0.25) is 0 Å². The maximum absolute atomic E-state index is 12.9. The normalized spacial score (nSPS) is 24.9. The predicted molar refractivity (Wildman–Crippen MR) is 392 cm³/mol. The second-order valence-corrected chi connectivity index (χ2v) is 29.8. The molecule has 3 aliphatic carbocycles. The summed E-state index contributed by atoms with van der Waals surface area (Å²) in [6.45, 7) is 21.4. The van der Waals surface area contributed by atoms with E-state index in [2.05, 4.69) is 45.5 Å². The number of carboxylic acids is 1. The molecule has 31 nitrogen and oxygen atoms in total. The molecule has 0 aromatic rings. The number of imide groups is 3. The number of esters is 2. The van der Waals surface area contributed by atoms with Gasteiger partial charge in [-0.2, -0.15) is 13.2 Å². The second kappa shape index (κ2) is 47.7. The van der Waals surface area contributed by atoms with E-state index in [-0.39, 0.29) is 138 Å². The molecule has 6 unspecified atom stereocenters. The minimum Gasteiger partial charge on any atom is -0.542 e. The van der Waals surface area contributed by atoms with Crippen LogP contribution in [0, 0.1) is 23.7 Å². The minimum absolute atomic E-state index is 0.00915. The number of nitrogens with two attached hydrogens (primary N) is 1. The van der Waals surface area contributed by atoms with E-state index in [0.717, 1.165) is 103 Å². The lowest BCUT2D eigenvalue weighted by molar-refractivity contribution is -0.426. The number of amides is 10. The number of unbranched alkanes of at least 4 members (excludes halogenated alkanes) is 2. The van der Waals surface area contributed by atoms with E-state index in [1.54, 1.807) is 27.7 Å². The van der Waals surface area contributed by atoms with Crippen LogP contribution in [0.25, 0.3) is 0 Å². The van der Waals surface area contributed by atoms with Gasteiger partial charge in [0.05, 0.1) is 49.3 Å². The Kier molecular flexibility index (Phi) is 40.7. The van der Waals surface area contributed by atoms with Gasteiger partial charge in [-0.25, -0.2) is 4.79 Å². The molecular weight excluding hydrogens is 1460 g/mol. The van der Waals surface area contributed by atoms with Crippen LogP contribution in [0.4, 0.5) is 13.2 Å². The summed E-state index contributed by atoms with van der Waals surface area (Å²) in [7, 11) is 2.11. The van der Waals surface area contributed by atoms with Gasteiger partial charge in [0.15, 0.2) is 5.78 Å². The van der Waals surface area contributed by atoms with E-state index in [9.17, 15) is 80.3 Å². The largest absolute Gasteiger partial charge is 0.542 e. The van der Waals surface area contributed by atoms with Crippen LogP contribution in [0.1, 0.15) is 215 Å². The molecule has 3 saturated carbocycles. The summed E-state index contributed by atoms with van der Waals surface area (Å²) in [5, 5.41) is 20.2. The standard InChI is InChI=1S/C23H35N3O5.C16H25N3O6.C12H23NO2.C10H14N2O2.C9H8O3.C5H11NO.C2HF3O2/c1-3-20(28)24-14-6-5-7-18(25-21(29)4-2)19(27)15-16-8-10-17(11-9-16)26-22(30)12-13-23(26)31;1-3-12(20)17-10-6-5-7-11(18-13(21)4-2)16(24)25-19-14(22)8-9-15(19)23;1-12(2,3)15-11(14)8-9-4-6-10(13)7-5-9;11-7-1-3-8(4-2-7)12-9(13)5-6-10(12)14;1-4-7-5-2-3-6(12-5)8(7)9(10)11-4;1-6-2-4-7-5-3-6;3-2(4,5)1(6)7/h12-13,16-18H,3-11,14-15H2,1-2H3,(H,24,28)(H,25,29);11H,3-10H2,1-2H3,(H,17,20)(H,18,21);9-10H,4-8,13H2,1-3H3;5-8H,1-4,11H2;2-3,5-8H,1H2;2-5H2,1H3;(H,6,7). The molecule has 111 heavy (non-hydrogen) atoms. The number of alkyl halides is 3. The predicted octanol–water partition coefficient (Wildman–Crippen LogP) is 3.78. The SMILES string of the molecule is C=C1OC(=O)C2C3C=CC(O3)C12.CC(C)(C)OC(=O)CC1CCC(N)CC1.CCC(=O)NCCCCC(NC(=O)CC)C(=O)CC1CCC(N2C(=O)C=CC2=O)CC1.CCC(=O)NCCCCC(NC(=O)CC)C(=O)ON1C(=O)CCC1=O.CN1CCOCC1.O=C([O-])C(F)(F)F.[NH3+]C1CCC(N2C(=O)C=CC2=O)CC1. The summed E-state index contributed by atoms with van der Waals surface area (Å²) >= 11 is 0. The Labute approximate surface area is 647 Å². The van der Waals surface area contributed by atoms with Gasteiger partial charge >= 0.3 is 24.1 Å². The molecule has 7 aliphatic heterocycles. The molecule has 10 rings (SSSR count). The number of carbonyl (C=O) groups is 15. The van der Waals surface area contributed by atoms with Gasteiger partial charge in [0.25, 0.3) is 35.4 Å². The molecule has 0 radical (unpaired) electrons. The molecule has 0 aromatic carbocycles. The molecule has 10 amide bonds. The van der Waals surface area contributed by atoms with Crippen LogP contribution >= 0.6 is 0 Å². The maximum atomic E-state index is 12.9. The van der Waals surface area contributed by atoms with Crippen LogP contribution in [-0.4, -0.2) is 215 Å². The molecule has 622 valence electrons. The Hall–Kier alpha value is -8.60. The number of ketones is 1. The third-order valence-electron chi connectivity index (χ3n) is 19.8. The van der Waals surface area contributed by atoms with E-state index >= 15 is 0 Å². The zero-order chi connectivity index (χ0) is 82.7. The van der Waals surface area contributed by atoms with Crippen LogP contribution in [0.5, 0.6) is 0 Å². The van der Waals surface area contributed by atoms with Gasteiger partial charge in [0.1, 0.15) is 23.4 Å². The quantitative estimate of drug-likeness (QED) is 0.0328. The lowest BCUT2D eigenvalue weighted by Crippen LogP contribution is -2.63. The Morgan fingerprint density at radius 3 is 1.44 bits per heavy atom. The number of nitrogens with one attached hydrogen (secondary N) is 4. The number of Topliss-reactive ketones (excluding diaryl/α,β-unsaturated/α-hetero) is 1. The molecule has 0 aromatic heterocycles. The Bertz CT molecular complexity index is 3210. The molecule has 4 saturated heterocycles. The highest BCUT2D eigenvalue weighted by Gasteiger charge is 2.56.